The van der Waals surface area contributed by atoms with Crippen LogP contribution in [0.3, 0.4) is 0 Å². The Hall–Kier alpha value is -0.320. The van der Waals surface area contributed by atoms with E-state index in [0.29, 0.717) is 13.2 Å². The number of hydrogen-bond acceptors (Lipinski definition) is 8. The third kappa shape index (κ3) is 7.55. The Balaban J connectivity index is 2.86. The number of rotatable bonds is 14. The lowest BCUT2D eigenvalue weighted by Crippen LogP contribution is -2.64. The minimum atomic E-state index is -1.48. The third-order valence-corrected chi connectivity index (χ3v) is 4.94. The summed E-state index contributed by atoms with van der Waals surface area (Å²) in [5, 5.41) is 49.7. The molecule has 0 aromatic heterocycles. The molecule has 27 heavy (non-hydrogen) atoms. The highest BCUT2D eigenvalue weighted by molar-refractivity contribution is 4.97. The van der Waals surface area contributed by atoms with Crippen LogP contribution in [0.1, 0.15) is 52.4 Å². The summed E-state index contributed by atoms with van der Waals surface area (Å²) in [4.78, 5) is 0. The Morgan fingerprint density at radius 1 is 0.815 bits per heavy atom. The van der Waals surface area contributed by atoms with E-state index in [1.165, 1.54) is 0 Å². The molecule has 5 N–H and O–H groups in total. The fourth-order valence-electron chi connectivity index (χ4n) is 3.23. The summed E-state index contributed by atoms with van der Waals surface area (Å²) >= 11 is 0. The normalized spacial score (nSPS) is 31.0. The van der Waals surface area contributed by atoms with Crippen LogP contribution in [-0.2, 0) is 14.2 Å². The van der Waals surface area contributed by atoms with Crippen molar-refractivity contribution in [2.24, 2.45) is 0 Å². The van der Waals surface area contributed by atoms with Crippen molar-refractivity contribution in [2.45, 2.75) is 95.1 Å². The highest BCUT2D eigenvalue weighted by Crippen LogP contribution is 2.27. The van der Waals surface area contributed by atoms with Crippen LogP contribution in [0.15, 0.2) is 0 Å². The molecule has 1 saturated heterocycles. The lowest BCUT2D eigenvalue weighted by molar-refractivity contribution is -0.268. The van der Waals surface area contributed by atoms with Crippen molar-refractivity contribution in [1.29, 1.82) is 0 Å². The zero-order chi connectivity index (χ0) is 20.2. The molecule has 0 aromatic rings. The first-order valence-corrected chi connectivity index (χ1v) is 10.2. The van der Waals surface area contributed by atoms with E-state index < -0.39 is 49.3 Å². The summed E-state index contributed by atoms with van der Waals surface area (Å²) in [7, 11) is 0. The molecule has 0 aromatic carbocycles. The van der Waals surface area contributed by atoms with Crippen LogP contribution >= 0.6 is 0 Å². The maximum absolute atomic E-state index is 10.4. The quantitative estimate of drug-likeness (QED) is 0.260. The minimum Gasteiger partial charge on any atom is -0.394 e. The maximum atomic E-state index is 10.4. The number of ether oxygens (including phenoxy) is 3. The zero-order valence-electron chi connectivity index (χ0n) is 16.6. The molecule has 2 unspecified atom stereocenters. The van der Waals surface area contributed by atoms with E-state index in [9.17, 15) is 25.5 Å². The largest absolute Gasteiger partial charge is 0.394 e. The Kier molecular flexibility index (Phi) is 12.6. The molecule has 0 radical (unpaired) electrons. The second-order valence-corrected chi connectivity index (χ2v) is 7.13. The SMILES string of the molecule is CCCCCOC(CO)C(OCCCCC)[C@@H]1O[C@H](CO)[C@@H](O)[C@H](O)[C@H]1O. The molecule has 8 heteroatoms. The second-order valence-electron chi connectivity index (χ2n) is 7.13. The zero-order valence-corrected chi connectivity index (χ0v) is 16.6. The molecule has 1 fully saturated rings. The summed E-state index contributed by atoms with van der Waals surface area (Å²) in [5.41, 5.74) is 0. The standard InChI is InChI=1S/C19H38O8/c1-3-5-7-9-25-14(12-21)18(26-10-8-6-4-2)19-17(24)16(23)15(22)13(11-20)27-19/h13-24H,3-12H2,1-2H3/t13-,14?,15-,16+,17-,18?,19-/m1/s1. The van der Waals surface area contributed by atoms with Crippen molar-refractivity contribution in [3.8, 4) is 0 Å². The van der Waals surface area contributed by atoms with E-state index >= 15 is 0 Å². The Labute approximate surface area is 162 Å². The van der Waals surface area contributed by atoms with Gasteiger partial charge in [-0.15, -0.1) is 0 Å². The Morgan fingerprint density at radius 2 is 1.41 bits per heavy atom. The fraction of sp³-hybridized carbons (Fsp3) is 1.00. The van der Waals surface area contributed by atoms with E-state index in [1.54, 1.807) is 0 Å². The molecular weight excluding hydrogens is 356 g/mol. The molecule has 7 atom stereocenters. The highest BCUT2D eigenvalue weighted by atomic mass is 16.6. The molecule has 162 valence electrons. The summed E-state index contributed by atoms with van der Waals surface area (Å²) < 4.78 is 17.3. The molecular formula is C19H38O8. The lowest BCUT2D eigenvalue weighted by atomic mass is 9.90. The fourth-order valence-corrected chi connectivity index (χ4v) is 3.23. The molecule has 1 rings (SSSR count). The first-order chi connectivity index (χ1) is 13.0. The number of hydrogen-bond donors (Lipinski definition) is 5. The monoisotopic (exact) mass is 394 g/mol. The smallest absolute Gasteiger partial charge is 0.115 e. The van der Waals surface area contributed by atoms with Gasteiger partial charge in [-0.2, -0.15) is 0 Å². The predicted octanol–water partition coefficient (Wildman–Crippen LogP) is -0.0281. The lowest BCUT2D eigenvalue weighted by Gasteiger charge is -2.44. The van der Waals surface area contributed by atoms with Crippen molar-refractivity contribution in [3.05, 3.63) is 0 Å². The summed E-state index contributed by atoms with van der Waals surface area (Å²) in [6.45, 7) is 4.14. The average molecular weight is 395 g/mol. The van der Waals surface area contributed by atoms with E-state index in [4.69, 9.17) is 14.2 Å². The van der Waals surface area contributed by atoms with Gasteiger partial charge in [-0.25, -0.2) is 0 Å². The molecule has 0 bridgehead atoms. The van der Waals surface area contributed by atoms with Gasteiger partial charge < -0.3 is 39.7 Å². The van der Waals surface area contributed by atoms with Gasteiger partial charge in [-0.3, -0.25) is 0 Å². The molecule has 0 amide bonds. The van der Waals surface area contributed by atoms with E-state index in [0.717, 1.165) is 38.5 Å². The average Bonchev–Trinajstić information content (AvgIpc) is 2.68. The second kappa shape index (κ2) is 13.8. The first-order valence-electron chi connectivity index (χ1n) is 10.2. The van der Waals surface area contributed by atoms with Gasteiger partial charge >= 0.3 is 0 Å². The van der Waals surface area contributed by atoms with E-state index in [2.05, 4.69) is 13.8 Å². The van der Waals surface area contributed by atoms with Gasteiger partial charge in [0.2, 0.25) is 0 Å². The van der Waals surface area contributed by atoms with Gasteiger partial charge in [0.15, 0.2) is 0 Å². The van der Waals surface area contributed by atoms with Gasteiger partial charge in [0.25, 0.3) is 0 Å². The topological polar surface area (TPSA) is 129 Å². The van der Waals surface area contributed by atoms with E-state index in [-0.39, 0.29) is 6.61 Å². The number of unbranched alkanes of at least 4 members (excludes halogenated alkanes) is 4. The molecule has 0 aliphatic carbocycles. The van der Waals surface area contributed by atoms with Gasteiger partial charge in [0.05, 0.1) is 13.2 Å². The van der Waals surface area contributed by atoms with Crippen molar-refractivity contribution < 1.29 is 39.7 Å². The molecule has 1 heterocycles. The van der Waals surface area contributed by atoms with Crippen molar-refractivity contribution in [2.75, 3.05) is 26.4 Å². The van der Waals surface area contributed by atoms with Crippen LogP contribution in [0, 0.1) is 0 Å². The Bertz CT molecular complexity index is 368. The molecule has 0 spiro atoms. The van der Waals surface area contributed by atoms with Gasteiger partial charge in [0, 0.05) is 13.2 Å². The first kappa shape index (κ1) is 24.7. The van der Waals surface area contributed by atoms with Gasteiger partial charge in [-0.1, -0.05) is 39.5 Å². The highest BCUT2D eigenvalue weighted by Gasteiger charge is 2.48. The predicted molar refractivity (Wildman–Crippen MR) is 99.4 cm³/mol. The third-order valence-electron chi connectivity index (χ3n) is 4.94. The van der Waals surface area contributed by atoms with Crippen LogP contribution in [-0.4, -0.2) is 94.7 Å². The Morgan fingerprint density at radius 3 is 1.93 bits per heavy atom. The van der Waals surface area contributed by atoms with Crippen LogP contribution in [0.4, 0.5) is 0 Å². The van der Waals surface area contributed by atoms with Crippen LogP contribution in [0.25, 0.3) is 0 Å². The van der Waals surface area contributed by atoms with E-state index in [1.807, 2.05) is 0 Å². The van der Waals surface area contributed by atoms with Crippen molar-refractivity contribution >= 4 is 0 Å². The summed E-state index contributed by atoms with van der Waals surface area (Å²) in [5.74, 6) is 0. The van der Waals surface area contributed by atoms with Crippen molar-refractivity contribution in [1.82, 2.24) is 0 Å². The maximum Gasteiger partial charge on any atom is 0.115 e. The van der Waals surface area contributed by atoms with Crippen LogP contribution in [0.2, 0.25) is 0 Å². The number of aliphatic hydroxyl groups is 5. The molecule has 1 aliphatic rings. The van der Waals surface area contributed by atoms with Gasteiger partial charge in [-0.05, 0) is 12.8 Å². The molecule has 0 saturated carbocycles. The summed E-state index contributed by atoms with van der Waals surface area (Å²) in [6, 6.07) is 0. The summed E-state index contributed by atoms with van der Waals surface area (Å²) in [6.07, 6.45) is -2.30. The van der Waals surface area contributed by atoms with Gasteiger partial charge in [0.1, 0.15) is 42.7 Å². The van der Waals surface area contributed by atoms with Crippen LogP contribution < -0.4 is 0 Å². The van der Waals surface area contributed by atoms with Crippen LogP contribution in [0.5, 0.6) is 0 Å². The molecule has 8 nitrogen and oxygen atoms in total. The number of aliphatic hydroxyl groups excluding tert-OH is 5. The van der Waals surface area contributed by atoms with Crippen molar-refractivity contribution in [3.63, 3.8) is 0 Å². The minimum absolute atomic E-state index is 0.334. The molecule has 1 aliphatic heterocycles.